The van der Waals surface area contributed by atoms with Gasteiger partial charge in [0.15, 0.2) is 0 Å². The molecule has 6 nitrogen and oxygen atoms in total. The smallest absolute Gasteiger partial charge is 0.406 e. The standard InChI is InChI=1S/C29H24ClF3N2O4S2/c1-5-6-17-9-19(15-24(10-17)39-29(31,32)33)28(2,3)20-13-21(30)16-23(14-20)34-27(36)26-12-18-11-22(35-41(4,37)38)7-8-25(18)40-26/h7-16,35H,1-4H3,(H,34,36). The van der Waals surface area contributed by atoms with Gasteiger partial charge in [-0.1, -0.05) is 31.4 Å². The topological polar surface area (TPSA) is 84.5 Å². The summed E-state index contributed by atoms with van der Waals surface area (Å²) in [7, 11) is -3.45. The molecule has 0 fully saturated rings. The van der Waals surface area contributed by atoms with Gasteiger partial charge in [-0.2, -0.15) is 0 Å². The van der Waals surface area contributed by atoms with Crippen LogP contribution >= 0.6 is 22.9 Å². The number of benzene rings is 3. The average molecular weight is 621 g/mol. The number of carbonyl (C=O) groups is 1. The van der Waals surface area contributed by atoms with Crippen molar-refractivity contribution in [1.82, 2.24) is 0 Å². The number of hydrogen-bond acceptors (Lipinski definition) is 5. The second kappa shape index (κ2) is 11.3. The van der Waals surface area contributed by atoms with Gasteiger partial charge < -0.3 is 10.1 Å². The van der Waals surface area contributed by atoms with Crippen molar-refractivity contribution in [2.24, 2.45) is 0 Å². The van der Waals surface area contributed by atoms with Gasteiger partial charge in [0.25, 0.3) is 5.91 Å². The summed E-state index contributed by atoms with van der Waals surface area (Å²) >= 11 is 7.64. The average Bonchev–Trinajstić information content (AvgIpc) is 3.25. The number of nitrogens with one attached hydrogen (secondary N) is 2. The number of sulfonamides is 1. The molecule has 4 rings (SSSR count). The van der Waals surface area contributed by atoms with Crippen LogP contribution < -0.4 is 14.8 Å². The Hall–Kier alpha value is -3.72. The summed E-state index contributed by atoms with van der Waals surface area (Å²) in [6.45, 7) is 5.21. The largest absolute Gasteiger partial charge is 0.573 e. The SMILES string of the molecule is CC#Cc1cc(OC(F)(F)F)cc(C(C)(C)c2cc(Cl)cc(NC(=O)c3cc4cc(NS(C)(=O)=O)ccc4s3)c2)c1. The quantitative estimate of drug-likeness (QED) is 0.207. The summed E-state index contributed by atoms with van der Waals surface area (Å²) in [5.74, 6) is 4.66. The second-order valence-corrected chi connectivity index (χ2v) is 13.0. The molecular weight excluding hydrogens is 597 g/mol. The van der Waals surface area contributed by atoms with Gasteiger partial charge in [0.05, 0.1) is 11.1 Å². The lowest BCUT2D eigenvalue weighted by atomic mass is 9.77. The first-order valence-electron chi connectivity index (χ1n) is 12.0. The van der Waals surface area contributed by atoms with Gasteiger partial charge >= 0.3 is 6.36 Å². The molecule has 0 aliphatic rings. The third kappa shape index (κ3) is 7.73. The Morgan fingerprint density at radius 3 is 2.34 bits per heavy atom. The van der Waals surface area contributed by atoms with Crippen LogP contribution in [0, 0.1) is 11.8 Å². The first kappa shape index (κ1) is 30.2. The lowest BCUT2D eigenvalue weighted by molar-refractivity contribution is -0.274. The molecule has 0 atom stereocenters. The van der Waals surface area contributed by atoms with E-state index < -0.39 is 33.5 Å². The van der Waals surface area contributed by atoms with Crippen LogP contribution in [-0.4, -0.2) is 26.9 Å². The molecule has 1 heterocycles. The summed E-state index contributed by atoms with van der Waals surface area (Å²) in [4.78, 5) is 13.5. The van der Waals surface area contributed by atoms with Crippen molar-refractivity contribution < 1.29 is 31.1 Å². The van der Waals surface area contributed by atoms with E-state index in [2.05, 4.69) is 26.6 Å². The molecule has 0 saturated heterocycles. The summed E-state index contributed by atoms with van der Waals surface area (Å²) < 4.78 is 69.4. The van der Waals surface area contributed by atoms with Gasteiger partial charge in [-0.3, -0.25) is 9.52 Å². The molecule has 4 aromatic rings. The molecule has 0 radical (unpaired) electrons. The molecule has 0 spiro atoms. The lowest BCUT2D eigenvalue weighted by Crippen LogP contribution is -2.21. The molecule has 12 heteroatoms. The Morgan fingerprint density at radius 2 is 1.68 bits per heavy atom. The molecule has 0 aliphatic carbocycles. The predicted molar refractivity (Wildman–Crippen MR) is 158 cm³/mol. The van der Waals surface area contributed by atoms with Crippen molar-refractivity contribution in [3.8, 4) is 17.6 Å². The zero-order chi connectivity index (χ0) is 30.2. The number of anilines is 2. The van der Waals surface area contributed by atoms with E-state index in [4.69, 9.17) is 11.6 Å². The summed E-state index contributed by atoms with van der Waals surface area (Å²) in [6, 6.07) is 15.8. The summed E-state index contributed by atoms with van der Waals surface area (Å²) in [6.07, 6.45) is -3.82. The number of amides is 1. The van der Waals surface area contributed by atoms with E-state index in [1.54, 1.807) is 55.5 Å². The van der Waals surface area contributed by atoms with Crippen LogP contribution in [0.4, 0.5) is 24.5 Å². The molecule has 214 valence electrons. The van der Waals surface area contributed by atoms with E-state index in [1.165, 1.54) is 23.5 Å². The van der Waals surface area contributed by atoms with Crippen LogP contribution in [0.1, 0.15) is 47.1 Å². The maximum absolute atomic E-state index is 13.1. The highest BCUT2D eigenvalue weighted by atomic mass is 35.5. The Balaban J connectivity index is 1.65. The minimum Gasteiger partial charge on any atom is -0.406 e. The molecule has 0 unspecified atom stereocenters. The lowest BCUT2D eigenvalue weighted by Gasteiger charge is -2.28. The summed E-state index contributed by atoms with van der Waals surface area (Å²) in [5.41, 5.74) is 1.39. The van der Waals surface area contributed by atoms with Gasteiger partial charge in [-0.15, -0.1) is 30.4 Å². The highest BCUT2D eigenvalue weighted by Gasteiger charge is 2.32. The Labute approximate surface area is 244 Å². The van der Waals surface area contributed by atoms with Crippen LogP contribution in [-0.2, 0) is 15.4 Å². The third-order valence-electron chi connectivity index (χ3n) is 6.05. The number of alkyl halides is 3. The fourth-order valence-electron chi connectivity index (χ4n) is 4.18. The number of rotatable bonds is 7. The maximum Gasteiger partial charge on any atom is 0.573 e. The Morgan fingerprint density at radius 1 is 0.976 bits per heavy atom. The number of ether oxygens (including phenoxy) is 1. The van der Waals surface area contributed by atoms with Crippen molar-refractivity contribution in [2.45, 2.75) is 32.5 Å². The first-order chi connectivity index (χ1) is 19.0. The molecular formula is C29H24ClF3N2O4S2. The molecule has 0 saturated carbocycles. The number of hydrogen-bond donors (Lipinski definition) is 2. The second-order valence-electron chi connectivity index (χ2n) is 9.71. The van der Waals surface area contributed by atoms with Crippen molar-refractivity contribution >= 4 is 60.3 Å². The minimum absolute atomic E-state index is 0.315. The zero-order valence-electron chi connectivity index (χ0n) is 22.2. The molecule has 41 heavy (non-hydrogen) atoms. The number of fused-ring (bicyclic) bond motifs is 1. The van der Waals surface area contributed by atoms with Crippen LogP contribution in [0.3, 0.4) is 0 Å². The monoisotopic (exact) mass is 620 g/mol. The molecule has 3 aromatic carbocycles. The number of halogens is 4. The van der Waals surface area contributed by atoms with Crippen molar-refractivity contribution in [3.05, 3.63) is 87.3 Å². The predicted octanol–water partition coefficient (Wildman–Crippen LogP) is 7.77. The minimum atomic E-state index is -4.87. The van der Waals surface area contributed by atoms with E-state index in [-0.39, 0.29) is 0 Å². The van der Waals surface area contributed by atoms with Crippen LogP contribution in [0.2, 0.25) is 5.02 Å². The van der Waals surface area contributed by atoms with Crippen molar-refractivity contribution in [1.29, 1.82) is 0 Å². The maximum atomic E-state index is 13.1. The van der Waals surface area contributed by atoms with E-state index in [1.807, 2.05) is 13.8 Å². The van der Waals surface area contributed by atoms with Gasteiger partial charge in [0.2, 0.25) is 10.0 Å². The van der Waals surface area contributed by atoms with E-state index >= 15 is 0 Å². The van der Waals surface area contributed by atoms with Crippen LogP contribution in [0.5, 0.6) is 5.75 Å². The van der Waals surface area contributed by atoms with Gasteiger partial charge in [-0.25, -0.2) is 8.42 Å². The highest BCUT2D eigenvalue weighted by molar-refractivity contribution is 7.92. The fourth-order valence-corrected chi connectivity index (χ4v) is 5.91. The zero-order valence-corrected chi connectivity index (χ0v) is 24.6. The molecule has 0 aliphatic heterocycles. The Bertz CT molecular complexity index is 1820. The van der Waals surface area contributed by atoms with Crippen LogP contribution in [0.15, 0.2) is 60.7 Å². The first-order valence-corrected chi connectivity index (χ1v) is 15.1. The third-order valence-corrected chi connectivity index (χ3v) is 7.99. The highest BCUT2D eigenvalue weighted by Crippen LogP contribution is 2.38. The number of thiophene rings is 1. The van der Waals surface area contributed by atoms with E-state index in [0.29, 0.717) is 43.4 Å². The molecule has 2 N–H and O–H groups in total. The molecule has 0 bridgehead atoms. The fraction of sp³-hybridized carbons (Fsp3) is 0.207. The van der Waals surface area contributed by atoms with Gasteiger partial charge in [-0.05, 0) is 84.1 Å². The Kier molecular flexibility index (Phi) is 8.32. The van der Waals surface area contributed by atoms with Gasteiger partial charge in [0.1, 0.15) is 5.75 Å². The molecule has 1 aromatic heterocycles. The normalized spacial score (nSPS) is 12.0. The van der Waals surface area contributed by atoms with E-state index in [0.717, 1.165) is 11.0 Å². The summed E-state index contributed by atoms with van der Waals surface area (Å²) in [5, 5.41) is 3.83. The van der Waals surface area contributed by atoms with Crippen LogP contribution in [0.25, 0.3) is 10.1 Å². The van der Waals surface area contributed by atoms with E-state index in [9.17, 15) is 26.4 Å². The molecule has 1 amide bonds. The van der Waals surface area contributed by atoms with Crippen molar-refractivity contribution in [2.75, 3.05) is 16.3 Å². The van der Waals surface area contributed by atoms with Gasteiger partial charge in [0, 0.05) is 32.1 Å². The number of carbonyl (C=O) groups excluding carboxylic acids is 1. The van der Waals surface area contributed by atoms with Crippen molar-refractivity contribution in [3.63, 3.8) is 0 Å².